The van der Waals surface area contributed by atoms with Crippen molar-refractivity contribution in [2.45, 2.75) is 63.5 Å². The van der Waals surface area contributed by atoms with Gasteiger partial charge in [0, 0.05) is 12.0 Å². The van der Waals surface area contributed by atoms with E-state index in [0.29, 0.717) is 6.42 Å². The van der Waals surface area contributed by atoms with E-state index in [2.05, 4.69) is 34.9 Å². The number of hydrogen-bond acceptors (Lipinski definition) is 4. The van der Waals surface area contributed by atoms with Crippen molar-refractivity contribution in [1.82, 2.24) is 10.6 Å². The molecular weight excluding hydrogens is 432 g/mol. The van der Waals surface area contributed by atoms with Crippen LogP contribution in [0.5, 0.6) is 0 Å². The van der Waals surface area contributed by atoms with E-state index in [0.717, 1.165) is 41.5 Å². The third-order valence-electron chi connectivity index (χ3n) is 7.34. The van der Waals surface area contributed by atoms with Crippen molar-refractivity contribution in [1.29, 1.82) is 0 Å². The monoisotopic (exact) mass is 464 g/mol. The van der Waals surface area contributed by atoms with Crippen molar-refractivity contribution in [3.8, 4) is 11.1 Å². The molecule has 2 aromatic rings. The van der Waals surface area contributed by atoms with E-state index >= 15 is 0 Å². The van der Waals surface area contributed by atoms with Crippen LogP contribution in [0.2, 0.25) is 0 Å². The lowest BCUT2D eigenvalue weighted by Gasteiger charge is -2.31. The molecule has 7 nitrogen and oxygen atoms in total. The zero-order chi connectivity index (χ0) is 24.3. The molecule has 1 saturated carbocycles. The van der Waals surface area contributed by atoms with Gasteiger partial charge in [0.15, 0.2) is 0 Å². The minimum absolute atomic E-state index is 0.0353. The number of alkyl carbamates (subject to hydrolysis) is 1. The van der Waals surface area contributed by atoms with Gasteiger partial charge in [-0.25, -0.2) is 4.79 Å². The summed E-state index contributed by atoms with van der Waals surface area (Å²) in [4.78, 5) is 37.0. The SMILES string of the molecule is CCC(C)(NC(=O)OCC1c2ccccc2-c2ccccc21)C(=O)NC1CCCC1CC(=O)O. The first-order valence-corrected chi connectivity index (χ1v) is 12.0. The summed E-state index contributed by atoms with van der Waals surface area (Å²) in [5, 5.41) is 14.9. The van der Waals surface area contributed by atoms with Crippen LogP contribution >= 0.6 is 0 Å². The fourth-order valence-corrected chi connectivity index (χ4v) is 5.19. The first-order chi connectivity index (χ1) is 16.3. The molecule has 2 amide bonds. The Bertz CT molecular complexity index is 1040. The Hall–Kier alpha value is -3.35. The molecule has 7 heteroatoms. The Morgan fingerprint density at radius 2 is 1.65 bits per heavy atom. The maximum Gasteiger partial charge on any atom is 0.408 e. The van der Waals surface area contributed by atoms with Crippen molar-refractivity contribution in [3.05, 3.63) is 59.7 Å². The molecule has 3 atom stereocenters. The zero-order valence-corrected chi connectivity index (χ0v) is 19.7. The van der Waals surface area contributed by atoms with E-state index in [1.807, 2.05) is 31.2 Å². The maximum absolute atomic E-state index is 13.1. The zero-order valence-electron chi connectivity index (χ0n) is 19.7. The minimum atomic E-state index is -1.15. The smallest absolute Gasteiger partial charge is 0.408 e. The largest absolute Gasteiger partial charge is 0.481 e. The van der Waals surface area contributed by atoms with E-state index in [9.17, 15) is 14.4 Å². The molecule has 1 fully saturated rings. The molecule has 0 spiro atoms. The van der Waals surface area contributed by atoms with Crippen LogP contribution in [0.1, 0.15) is 63.0 Å². The van der Waals surface area contributed by atoms with Gasteiger partial charge < -0.3 is 20.5 Å². The topological polar surface area (TPSA) is 105 Å². The number of amides is 2. The summed E-state index contributed by atoms with van der Waals surface area (Å²) in [5.41, 5.74) is 3.39. The first-order valence-electron chi connectivity index (χ1n) is 12.0. The van der Waals surface area contributed by atoms with Gasteiger partial charge >= 0.3 is 12.1 Å². The van der Waals surface area contributed by atoms with Gasteiger partial charge in [0.2, 0.25) is 5.91 Å². The fraction of sp³-hybridized carbons (Fsp3) is 0.444. The van der Waals surface area contributed by atoms with Gasteiger partial charge in [0.25, 0.3) is 0 Å². The van der Waals surface area contributed by atoms with Gasteiger partial charge in [0.1, 0.15) is 12.1 Å². The Kier molecular flexibility index (Phi) is 6.91. The number of ether oxygens (including phenoxy) is 1. The highest BCUT2D eigenvalue weighted by atomic mass is 16.5. The van der Waals surface area contributed by atoms with E-state index in [1.54, 1.807) is 6.92 Å². The highest BCUT2D eigenvalue weighted by Crippen LogP contribution is 2.44. The molecule has 0 aliphatic heterocycles. The van der Waals surface area contributed by atoms with Crippen LogP contribution in [0.4, 0.5) is 4.79 Å². The van der Waals surface area contributed by atoms with Crippen LogP contribution in [-0.2, 0) is 14.3 Å². The maximum atomic E-state index is 13.1. The summed E-state index contributed by atoms with van der Waals surface area (Å²) in [5.74, 6) is -1.32. The molecule has 3 unspecified atom stereocenters. The highest BCUT2D eigenvalue weighted by molar-refractivity contribution is 5.90. The Morgan fingerprint density at radius 1 is 1.03 bits per heavy atom. The van der Waals surface area contributed by atoms with Crippen molar-refractivity contribution in [2.24, 2.45) is 5.92 Å². The van der Waals surface area contributed by atoms with Crippen molar-refractivity contribution in [2.75, 3.05) is 6.61 Å². The molecule has 0 radical (unpaired) electrons. The molecule has 180 valence electrons. The Balaban J connectivity index is 1.39. The van der Waals surface area contributed by atoms with Crippen molar-refractivity contribution < 1.29 is 24.2 Å². The predicted molar refractivity (Wildman–Crippen MR) is 128 cm³/mol. The molecule has 34 heavy (non-hydrogen) atoms. The Morgan fingerprint density at radius 3 is 2.24 bits per heavy atom. The molecule has 0 heterocycles. The van der Waals surface area contributed by atoms with Gasteiger partial charge in [-0.2, -0.15) is 0 Å². The lowest BCUT2D eigenvalue weighted by molar-refractivity contribution is -0.138. The summed E-state index contributed by atoms with van der Waals surface area (Å²) < 4.78 is 5.62. The molecule has 0 saturated heterocycles. The number of benzene rings is 2. The number of nitrogens with one attached hydrogen (secondary N) is 2. The second-order valence-electron chi connectivity index (χ2n) is 9.51. The predicted octanol–water partition coefficient (Wildman–Crippen LogP) is 4.45. The quantitative estimate of drug-likeness (QED) is 0.535. The molecule has 4 rings (SSSR count). The third-order valence-corrected chi connectivity index (χ3v) is 7.34. The standard InChI is InChI=1S/C27H32N2O5/c1-3-27(2,25(32)28-23-14-8-9-17(23)15-24(30)31)29-26(33)34-16-22-20-12-6-4-10-18(20)19-11-5-7-13-21(19)22/h4-7,10-13,17,22-23H,3,8-9,14-16H2,1-2H3,(H,28,32)(H,29,33)(H,30,31). The molecule has 3 N–H and O–H groups in total. The van der Waals surface area contributed by atoms with Crippen LogP contribution in [0, 0.1) is 5.92 Å². The van der Waals surface area contributed by atoms with Crippen molar-refractivity contribution >= 4 is 18.0 Å². The summed E-state index contributed by atoms with van der Waals surface area (Å²) in [7, 11) is 0. The van der Waals surface area contributed by atoms with Gasteiger partial charge in [-0.05, 0) is 54.4 Å². The van der Waals surface area contributed by atoms with E-state index < -0.39 is 17.6 Å². The summed E-state index contributed by atoms with van der Waals surface area (Å²) in [6, 6.07) is 16.0. The number of carbonyl (C=O) groups is 3. The van der Waals surface area contributed by atoms with E-state index in [1.165, 1.54) is 0 Å². The van der Waals surface area contributed by atoms with Crippen LogP contribution < -0.4 is 10.6 Å². The van der Waals surface area contributed by atoms with Crippen LogP contribution in [-0.4, -0.2) is 41.3 Å². The van der Waals surface area contributed by atoms with E-state index in [4.69, 9.17) is 9.84 Å². The molecular formula is C27H32N2O5. The van der Waals surface area contributed by atoms with E-state index in [-0.39, 0.29) is 36.8 Å². The summed E-state index contributed by atoms with van der Waals surface area (Å²) in [6.45, 7) is 3.67. The lowest BCUT2D eigenvalue weighted by Crippen LogP contribution is -2.58. The fourth-order valence-electron chi connectivity index (χ4n) is 5.19. The molecule has 0 aromatic heterocycles. The second-order valence-corrected chi connectivity index (χ2v) is 9.51. The number of carboxylic acid groups (broad SMARTS) is 1. The number of fused-ring (bicyclic) bond motifs is 3. The third kappa shape index (κ3) is 4.79. The number of aliphatic carboxylic acids is 1. The summed E-state index contributed by atoms with van der Waals surface area (Å²) >= 11 is 0. The molecule has 2 aliphatic rings. The highest BCUT2D eigenvalue weighted by Gasteiger charge is 2.38. The lowest BCUT2D eigenvalue weighted by atomic mass is 9.94. The van der Waals surface area contributed by atoms with Crippen LogP contribution in [0.3, 0.4) is 0 Å². The second kappa shape index (κ2) is 9.87. The molecule has 2 aromatic carbocycles. The Labute approximate surface area is 199 Å². The van der Waals surface area contributed by atoms with Gasteiger partial charge in [-0.15, -0.1) is 0 Å². The van der Waals surface area contributed by atoms with Crippen molar-refractivity contribution in [3.63, 3.8) is 0 Å². The normalized spacial score (nSPS) is 20.6. The van der Waals surface area contributed by atoms with Crippen LogP contribution in [0.15, 0.2) is 48.5 Å². The minimum Gasteiger partial charge on any atom is -0.481 e. The average Bonchev–Trinajstić information content (AvgIpc) is 3.39. The van der Waals surface area contributed by atoms with Gasteiger partial charge in [0.05, 0.1) is 6.42 Å². The molecule has 0 bridgehead atoms. The molecule has 2 aliphatic carbocycles. The first kappa shape index (κ1) is 23.8. The number of carbonyl (C=O) groups excluding carboxylic acids is 2. The summed E-state index contributed by atoms with van der Waals surface area (Å²) in [6.07, 6.45) is 2.17. The average molecular weight is 465 g/mol. The van der Waals surface area contributed by atoms with Gasteiger partial charge in [-0.1, -0.05) is 61.9 Å². The number of rotatable bonds is 8. The van der Waals surface area contributed by atoms with Crippen LogP contribution in [0.25, 0.3) is 11.1 Å². The number of carboxylic acids is 1. The van der Waals surface area contributed by atoms with Gasteiger partial charge in [-0.3, -0.25) is 9.59 Å². The number of hydrogen-bond donors (Lipinski definition) is 3.